The Morgan fingerprint density at radius 1 is 0.500 bits per heavy atom. The van der Waals surface area contributed by atoms with Crippen molar-refractivity contribution in [1.29, 1.82) is 0 Å². The topological polar surface area (TPSA) is 108 Å². The molecule has 9 nitrogen and oxygen atoms in total. The first-order valence-corrected chi connectivity index (χ1v) is 26.5. The smallest absolute Gasteiger partial charge is 0.462 e. The number of carbonyl (C=O) groups is 2. The van der Waals surface area contributed by atoms with E-state index in [9.17, 15) is 19.0 Å². The van der Waals surface area contributed by atoms with E-state index in [1.54, 1.807) is 0 Å². The molecule has 0 fully saturated rings. The lowest BCUT2D eigenvalue weighted by Gasteiger charge is -2.24. The van der Waals surface area contributed by atoms with Crippen LogP contribution in [0, 0.1) is 0 Å². The van der Waals surface area contributed by atoms with Gasteiger partial charge in [0.2, 0.25) is 0 Å². The molecule has 0 amide bonds. The van der Waals surface area contributed by atoms with E-state index in [4.69, 9.17) is 18.5 Å². The summed E-state index contributed by atoms with van der Waals surface area (Å²) < 4.78 is 34.4. The molecular weight excluding hydrogens is 798 g/mol. The van der Waals surface area contributed by atoms with Crippen LogP contribution in [0.2, 0.25) is 0 Å². The molecule has 0 aromatic carbocycles. The van der Waals surface area contributed by atoms with Crippen molar-refractivity contribution in [2.24, 2.45) is 0 Å². The Morgan fingerprint density at radius 3 is 1.37 bits per heavy atom. The van der Waals surface area contributed by atoms with Gasteiger partial charge in [-0.2, -0.15) is 0 Å². The van der Waals surface area contributed by atoms with Crippen molar-refractivity contribution in [2.45, 2.75) is 213 Å². The molecule has 0 aliphatic heterocycles. The molecule has 2 atom stereocenters. The number of carbonyl (C=O) groups excluding carboxylic acids is 2. The highest BCUT2D eigenvalue weighted by Gasteiger charge is 2.27. The molecule has 0 heterocycles. The van der Waals surface area contributed by atoms with Gasteiger partial charge < -0.3 is 18.9 Å². The molecule has 1 unspecified atom stereocenters. The van der Waals surface area contributed by atoms with E-state index in [-0.39, 0.29) is 26.1 Å². The highest BCUT2D eigenvalue weighted by atomic mass is 31.2. The van der Waals surface area contributed by atoms with Gasteiger partial charge in [0.25, 0.3) is 0 Å². The van der Waals surface area contributed by atoms with Crippen molar-refractivity contribution in [1.82, 2.24) is 0 Å². The summed E-state index contributed by atoms with van der Waals surface area (Å²) in [4.78, 5) is 35.5. The third-order valence-electron chi connectivity index (χ3n) is 10.5. The minimum Gasteiger partial charge on any atom is -0.462 e. The molecule has 0 radical (unpaired) electrons. The van der Waals surface area contributed by atoms with Crippen LogP contribution < -0.4 is 0 Å². The van der Waals surface area contributed by atoms with Crippen LogP contribution in [0.5, 0.6) is 0 Å². The Kier molecular flexibility index (Phi) is 42.3. The second kappa shape index (κ2) is 43.9. The number of allylic oxidation sites excluding steroid dienone is 10. The SMILES string of the molecule is CCCCCC/C=C/CCCCCCCCCCCC(=O)O[C@H](COC(=O)CCC/C=C/C/C=C/C/C=C/C/C=C/CCCCCCCCC)COP(=O)(O)OCC[N+](C)(C)C. The van der Waals surface area contributed by atoms with Crippen LogP contribution in [0.25, 0.3) is 0 Å². The Morgan fingerprint density at radius 2 is 0.887 bits per heavy atom. The quantitative estimate of drug-likeness (QED) is 0.0212. The van der Waals surface area contributed by atoms with Crippen LogP contribution >= 0.6 is 7.82 Å². The lowest BCUT2D eigenvalue weighted by molar-refractivity contribution is -0.870. The number of ether oxygens (including phenoxy) is 2. The first kappa shape index (κ1) is 59.7. The van der Waals surface area contributed by atoms with Crippen LogP contribution in [0.15, 0.2) is 60.8 Å². The van der Waals surface area contributed by atoms with Crippen LogP contribution in [-0.2, 0) is 32.7 Å². The van der Waals surface area contributed by atoms with Gasteiger partial charge >= 0.3 is 19.8 Å². The first-order chi connectivity index (χ1) is 30.0. The van der Waals surface area contributed by atoms with Crippen LogP contribution in [0.3, 0.4) is 0 Å². The second-order valence-corrected chi connectivity index (χ2v) is 19.3. The minimum absolute atomic E-state index is 0.0210. The van der Waals surface area contributed by atoms with Crippen molar-refractivity contribution in [2.75, 3.05) is 47.5 Å². The number of hydrogen-bond donors (Lipinski definition) is 1. The Hall–Kier alpha value is -2.29. The summed E-state index contributed by atoms with van der Waals surface area (Å²) in [6.45, 7) is 4.35. The maximum atomic E-state index is 12.7. The fourth-order valence-electron chi connectivity index (χ4n) is 6.59. The highest BCUT2D eigenvalue weighted by Crippen LogP contribution is 2.43. The van der Waals surface area contributed by atoms with Crippen molar-refractivity contribution < 1.29 is 42.1 Å². The van der Waals surface area contributed by atoms with E-state index < -0.39 is 32.5 Å². The number of quaternary nitrogens is 1. The molecule has 62 heavy (non-hydrogen) atoms. The molecule has 0 saturated carbocycles. The van der Waals surface area contributed by atoms with Gasteiger partial charge in [-0.25, -0.2) is 4.57 Å². The van der Waals surface area contributed by atoms with Crippen molar-refractivity contribution in [3.8, 4) is 0 Å². The predicted molar refractivity (Wildman–Crippen MR) is 261 cm³/mol. The molecule has 0 bridgehead atoms. The molecule has 0 rings (SSSR count). The summed E-state index contributed by atoms with van der Waals surface area (Å²) in [7, 11) is 1.44. The van der Waals surface area contributed by atoms with Gasteiger partial charge in [-0.1, -0.05) is 177 Å². The van der Waals surface area contributed by atoms with Gasteiger partial charge in [-0.05, 0) is 77.0 Å². The number of unbranched alkanes of at least 4 members (excludes halogenated alkanes) is 21. The molecule has 360 valence electrons. The molecule has 0 saturated heterocycles. The number of phosphoric ester groups is 1. The lowest BCUT2D eigenvalue weighted by atomic mass is 10.1. The maximum Gasteiger partial charge on any atom is 0.472 e. The summed E-state index contributed by atoms with van der Waals surface area (Å²) in [6, 6.07) is 0. The van der Waals surface area contributed by atoms with Gasteiger partial charge in [0.15, 0.2) is 6.10 Å². The number of hydrogen-bond acceptors (Lipinski definition) is 7. The average molecular weight is 893 g/mol. The Balaban J connectivity index is 4.38. The zero-order chi connectivity index (χ0) is 45.7. The van der Waals surface area contributed by atoms with Crippen LogP contribution in [0.4, 0.5) is 0 Å². The largest absolute Gasteiger partial charge is 0.472 e. The van der Waals surface area contributed by atoms with Gasteiger partial charge in [0.05, 0.1) is 27.7 Å². The zero-order valence-electron chi connectivity index (χ0n) is 40.6. The predicted octanol–water partition coefficient (Wildman–Crippen LogP) is 14.8. The summed E-state index contributed by atoms with van der Waals surface area (Å²) >= 11 is 0. The number of rotatable bonds is 45. The van der Waals surface area contributed by atoms with Gasteiger partial charge in [-0.15, -0.1) is 0 Å². The van der Waals surface area contributed by atoms with Crippen molar-refractivity contribution in [3.63, 3.8) is 0 Å². The van der Waals surface area contributed by atoms with Crippen LogP contribution in [0.1, 0.15) is 206 Å². The van der Waals surface area contributed by atoms with E-state index in [0.717, 1.165) is 44.9 Å². The monoisotopic (exact) mass is 893 g/mol. The highest BCUT2D eigenvalue weighted by molar-refractivity contribution is 7.47. The lowest BCUT2D eigenvalue weighted by Crippen LogP contribution is -2.37. The fourth-order valence-corrected chi connectivity index (χ4v) is 7.33. The standard InChI is InChI=1S/C52H94NO8P/c1-6-8-10-12-14-16-18-20-22-24-25-26-27-29-30-32-34-36-38-40-42-44-51(54)58-48-50(49-60-62(56,57)59-47-46-53(3,4)5)61-52(55)45-43-41-39-37-35-33-31-28-23-21-19-17-15-13-11-9-7-2/h17,19,22,24,26-27,30,32,36,38,50H,6-16,18,20-21,23,25,28-29,31,33-35,37,39-49H2,1-5H3/p+1/b19-17+,24-22+,27-26+,32-30+,38-36+/t50-/m1/s1. The fraction of sp³-hybridized carbons (Fsp3) is 0.769. The Bertz CT molecular complexity index is 1240. The summed E-state index contributed by atoms with van der Waals surface area (Å²) in [5.74, 6) is -0.866. The molecule has 0 aromatic heterocycles. The zero-order valence-corrected chi connectivity index (χ0v) is 41.5. The third-order valence-corrected chi connectivity index (χ3v) is 11.5. The molecule has 10 heteroatoms. The number of likely N-dealkylation sites (N-methyl/N-ethyl adjacent to an activating group) is 1. The molecular formula is C52H95NO8P+. The first-order valence-electron chi connectivity index (χ1n) is 25.0. The summed E-state index contributed by atoms with van der Waals surface area (Å²) in [5, 5.41) is 0. The van der Waals surface area contributed by atoms with Crippen molar-refractivity contribution >= 4 is 19.8 Å². The summed E-state index contributed by atoms with van der Waals surface area (Å²) in [5.41, 5.74) is 0. The minimum atomic E-state index is -4.39. The van der Waals surface area contributed by atoms with Gasteiger partial charge in [-0.3, -0.25) is 18.6 Å². The Labute approximate surface area is 381 Å². The van der Waals surface area contributed by atoms with Gasteiger partial charge in [0.1, 0.15) is 19.8 Å². The molecule has 0 aliphatic carbocycles. The number of phosphoric acid groups is 1. The van der Waals surface area contributed by atoms with Gasteiger partial charge in [0, 0.05) is 12.8 Å². The molecule has 0 aliphatic rings. The third kappa shape index (κ3) is 47.2. The van der Waals surface area contributed by atoms with E-state index in [2.05, 4.69) is 74.6 Å². The molecule has 0 spiro atoms. The van der Waals surface area contributed by atoms with E-state index >= 15 is 0 Å². The maximum absolute atomic E-state index is 12.7. The second-order valence-electron chi connectivity index (χ2n) is 17.8. The van der Waals surface area contributed by atoms with Crippen molar-refractivity contribution in [3.05, 3.63) is 60.8 Å². The van der Waals surface area contributed by atoms with E-state index in [0.29, 0.717) is 23.9 Å². The normalized spacial score (nSPS) is 14.0. The molecule has 1 N–H and O–H groups in total. The number of esters is 2. The van der Waals surface area contributed by atoms with E-state index in [1.165, 1.54) is 122 Å². The average Bonchev–Trinajstić information content (AvgIpc) is 3.23. The summed E-state index contributed by atoms with van der Waals surface area (Å²) in [6.07, 6.45) is 54.2. The van der Waals surface area contributed by atoms with Crippen LogP contribution in [-0.4, -0.2) is 74.9 Å². The molecule has 0 aromatic rings. The van der Waals surface area contributed by atoms with E-state index in [1.807, 2.05) is 21.1 Å². The number of nitrogens with zero attached hydrogens (tertiary/aromatic N) is 1.